The van der Waals surface area contributed by atoms with Crippen molar-refractivity contribution in [3.8, 4) is 0 Å². The summed E-state index contributed by atoms with van der Waals surface area (Å²) >= 11 is 0. The predicted molar refractivity (Wildman–Crippen MR) is 127 cm³/mol. The van der Waals surface area contributed by atoms with Gasteiger partial charge in [0, 0.05) is 58.1 Å². The number of guanidine groups is 1. The number of halogens is 2. The van der Waals surface area contributed by atoms with Crippen LogP contribution < -0.4 is 15.5 Å². The van der Waals surface area contributed by atoms with E-state index >= 15 is 0 Å². The Bertz CT molecular complexity index is 792. The van der Waals surface area contributed by atoms with E-state index in [1.54, 1.807) is 19.2 Å². The molecular formula is C21H30FIN6. The molecule has 0 unspecified atom stereocenters. The number of anilines is 1. The lowest BCUT2D eigenvalue weighted by Gasteiger charge is -2.34. The second kappa shape index (κ2) is 11.9. The van der Waals surface area contributed by atoms with E-state index in [4.69, 9.17) is 0 Å². The third-order valence-electron chi connectivity index (χ3n) is 5.04. The summed E-state index contributed by atoms with van der Waals surface area (Å²) in [5, 5.41) is 6.44. The van der Waals surface area contributed by atoms with Gasteiger partial charge in [-0.05, 0) is 30.3 Å². The van der Waals surface area contributed by atoms with Gasteiger partial charge in [0.2, 0.25) is 0 Å². The quantitative estimate of drug-likeness (QED) is 0.354. The molecule has 1 aliphatic heterocycles. The summed E-state index contributed by atoms with van der Waals surface area (Å²) in [6.45, 7) is 8.47. The largest absolute Gasteiger partial charge is 0.354 e. The fraction of sp³-hybridized carbons (Fsp3) is 0.429. The van der Waals surface area contributed by atoms with Crippen molar-refractivity contribution in [3.63, 3.8) is 0 Å². The zero-order valence-corrected chi connectivity index (χ0v) is 19.4. The molecule has 1 aliphatic rings. The van der Waals surface area contributed by atoms with Crippen LogP contribution >= 0.6 is 24.0 Å². The first-order valence-corrected chi connectivity index (χ1v) is 9.79. The maximum atomic E-state index is 13.7. The number of aliphatic imine (C=N–C) groups is 1. The van der Waals surface area contributed by atoms with E-state index in [1.807, 2.05) is 18.3 Å². The number of hydrogen-bond acceptors (Lipinski definition) is 4. The average molecular weight is 512 g/mol. The monoisotopic (exact) mass is 512 g/mol. The van der Waals surface area contributed by atoms with Crippen molar-refractivity contribution in [2.75, 3.05) is 44.7 Å². The van der Waals surface area contributed by atoms with E-state index in [1.165, 1.54) is 6.07 Å². The number of likely N-dealkylation sites (N-methyl/N-ethyl adjacent to an activating group) is 1. The molecule has 6 nitrogen and oxygen atoms in total. The molecule has 0 radical (unpaired) electrons. The first-order valence-electron chi connectivity index (χ1n) is 9.79. The third-order valence-corrected chi connectivity index (χ3v) is 5.04. The number of aromatic nitrogens is 1. The summed E-state index contributed by atoms with van der Waals surface area (Å²) < 4.78 is 13.7. The number of rotatable bonds is 6. The van der Waals surface area contributed by atoms with E-state index < -0.39 is 0 Å². The molecule has 158 valence electrons. The number of nitrogens with zero attached hydrogens (tertiary/aromatic N) is 4. The van der Waals surface area contributed by atoms with Crippen LogP contribution in [0.4, 0.5) is 10.2 Å². The molecule has 0 atom stereocenters. The van der Waals surface area contributed by atoms with Gasteiger partial charge in [-0.1, -0.05) is 25.1 Å². The number of hydrogen-bond donors (Lipinski definition) is 2. The molecule has 2 N–H and O–H groups in total. The lowest BCUT2D eigenvalue weighted by Crippen LogP contribution is -2.46. The highest BCUT2D eigenvalue weighted by Gasteiger charge is 2.16. The molecule has 1 saturated heterocycles. The van der Waals surface area contributed by atoms with Crippen molar-refractivity contribution in [1.82, 2.24) is 20.5 Å². The Morgan fingerprint density at radius 2 is 1.83 bits per heavy atom. The molecule has 1 aromatic carbocycles. The van der Waals surface area contributed by atoms with E-state index in [9.17, 15) is 4.39 Å². The van der Waals surface area contributed by atoms with Crippen LogP contribution in [-0.4, -0.2) is 55.6 Å². The highest BCUT2D eigenvalue weighted by Crippen LogP contribution is 2.15. The van der Waals surface area contributed by atoms with Gasteiger partial charge < -0.3 is 20.4 Å². The first-order chi connectivity index (χ1) is 13.7. The van der Waals surface area contributed by atoms with E-state index in [-0.39, 0.29) is 29.8 Å². The Labute approximate surface area is 189 Å². The summed E-state index contributed by atoms with van der Waals surface area (Å²) in [7, 11) is 1.71. The first kappa shape index (κ1) is 23.3. The van der Waals surface area contributed by atoms with Crippen molar-refractivity contribution in [2.45, 2.75) is 20.0 Å². The molecule has 0 saturated carbocycles. The smallest absolute Gasteiger partial charge is 0.191 e. The van der Waals surface area contributed by atoms with Crippen LogP contribution in [0.3, 0.4) is 0 Å². The molecule has 0 amide bonds. The Morgan fingerprint density at radius 1 is 1.10 bits per heavy atom. The Morgan fingerprint density at radius 3 is 2.52 bits per heavy atom. The van der Waals surface area contributed by atoms with E-state index in [0.29, 0.717) is 24.6 Å². The molecule has 8 heteroatoms. The van der Waals surface area contributed by atoms with Crippen LogP contribution in [0.5, 0.6) is 0 Å². The Kier molecular flexibility index (Phi) is 9.59. The van der Waals surface area contributed by atoms with Gasteiger partial charge in [0.25, 0.3) is 0 Å². The predicted octanol–water partition coefficient (Wildman–Crippen LogP) is 2.85. The zero-order valence-electron chi connectivity index (χ0n) is 17.1. The molecule has 0 aliphatic carbocycles. The summed E-state index contributed by atoms with van der Waals surface area (Å²) in [6, 6.07) is 10.9. The standard InChI is InChI=1S/C21H29FN6.HI/c1-3-27-10-12-28(13-11-27)20-14-17(8-9-24-20)15-25-21(23-2)26-16-18-6-4-5-7-19(18)22;/h4-9,14H,3,10-13,15-16H2,1-2H3,(H2,23,25,26);1H. The molecule has 29 heavy (non-hydrogen) atoms. The second-order valence-corrected chi connectivity index (χ2v) is 6.81. The van der Waals surface area contributed by atoms with Gasteiger partial charge >= 0.3 is 0 Å². The summed E-state index contributed by atoms with van der Waals surface area (Å²) in [5.41, 5.74) is 1.75. The van der Waals surface area contributed by atoms with Crippen molar-refractivity contribution in [3.05, 3.63) is 59.5 Å². The highest BCUT2D eigenvalue weighted by atomic mass is 127. The van der Waals surface area contributed by atoms with Gasteiger partial charge in [0.05, 0.1) is 0 Å². The van der Waals surface area contributed by atoms with Crippen molar-refractivity contribution in [1.29, 1.82) is 0 Å². The fourth-order valence-electron chi connectivity index (χ4n) is 3.26. The minimum Gasteiger partial charge on any atom is -0.354 e. The Hall–Kier alpha value is -1.94. The topological polar surface area (TPSA) is 55.8 Å². The average Bonchev–Trinajstić information content (AvgIpc) is 2.75. The molecule has 1 aromatic heterocycles. The normalized spacial score (nSPS) is 15.0. The molecule has 0 bridgehead atoms. The summed E-state index contributed by atoms with van der Waals surface area (Å²) in [5.74, 6) is 1.44. The second-order valence-electron chi connectivity index (χ2n) is 6.81. The van der Waals surface area contributed by atoms with Gasteiger partial charge in [-0.25, -0.2) is 9.37 Å². The minimum absolute atomic E-state index is 0. The Balaban J connectivity index is 0.00000300. The van der Waals surface area contributed by atoms with Crippen molar-refractivity contribution < 1.29 is 4.39 Å². The minimum atomic E-state index is -0.215. The summed E-state index contributed by atoms with van der Waals surface area (Å²) in [4.78, 5) is 13.5. The number of nitrogens with one attached hydrogen (secondary N) is 2. The molecule has 3 rings (SSSR count). The maximum absolute atomic E-state index is 13.7. The number of pyridine rings is 1. The van der Waals surface area contributed by atoms with Crippen molar-refractivity contribution in [2.24, 2.45) is 4.99 Å². The molecule has 0 spiro atoms. The van der Waals surface area contributed by atoms with Gasteiger partial charge in [0.1, 0.15) is 11.6 Å². The number of benzene rings is 1. The van der Waals surface area contributed by atoms with Crippen LogP contribution in [-0.2, 0) is 13.1 Å². The molecule has 2 aromatic rings. The van der Waals surface area contributed by atoms with Crippen LogP contribution in [0, 0.1) is 5.82 Å². The lowest BCUT2D eigenvalue weighted by atomic mass is 10.2. The SMILES string of the molecule is CCN1CCN(c2cc(CNC(=NC)NCc3ccccc3F)ccn2)CC1.I. The van der Waals surface area contributed by atoms with Gasteiger partial charge in [-0.3, -0.25) is 4.99 Å². The zero-order chi connectivity index (χ0) is 19.8. The van der Waals surface area contributed by atoms with Crippen LogP contribution in [0.25, 0.3) is 0 Å². The van der Waals surface area contributed by atoms with E-state index in [0.717, 1.165) is 44.1 Å². The van der Waals surface area contributed by atoms with E-state index in [2.05, 4.69) is 43.4 Å². The summed E-state index contributed by atoms with van der Waals surface area (Å²) in [6.07, 6.45) is 1.86. The fourth-order valence-corrected chi connectivity index (χ4v) is 3.26. The maximum Gasteiger partial charge on any atom is 0.191 e. The highest BCUT2D eigenvalue weighted by molar-refractivity contribution is 14.0. The lowest BCUT2D eigenvalue weighted by molar-refractivity contribution is 0.270. The van der Waals surface area contributed by atoms with Crippen molar-refractivity contribution >= 4 is 35.8 Å². The van der Waals surface area contributed by atoms with Crippen LogP contribution in [0.15, 0.2) is 47.6 Å². The van der Waals surface area contributed by atoms with Gasteiger partial charge in [-0.2, -0.15) is 0 Å². The molecular weight excluding hydrogens is 482 g/mol. The molecule has 2 heterocycles. The van der Waals surface area contributed by atoms with Crippen LogP contribution in [0.2, 0.25) is 0 Å². The third kappa shape index (κ3) is 6.81. The molecule has 1 fully saturated rings. The van der Waals surface area contributed by atoms with Gasteiger partial charge in [-0.15, -0.1) is 24.0 Å². The van der Waals surface area contributed by atoms with Crippen LogP contribution in [0.1, 0.15) is 18.1 Å². The number of piperazine rings is 1. The van der Waals surface area contributed by atoms with Gasteiger partial charge in [0.15, 0.2) is 5.96 Å².